The molecule has 0 spiro atoms. The lowest BCUT2D eigenvalue weighted by molar-refractivity contribution is 1.06. The van der Waals surface area contributed by atoms with E-state index in [1.165, 1.54) is 0 Å². The summed E-state index contributed by atoms with van der Waals surface area (Å²) in [6.07, 6.45) is 11.3. The van der Waals surface area contributed by atoms with Gasteiger partial charge < -0.3 is 0 Å². The third kappa shape index (κ3) is 2.77. The van der Waals surface area contributed by atoms with Gasteiger partial charge in [-0.15, -0.1) is 11.5 Å². The van der Waals surface area contributed by atoms with Gasteiger partial charge in [0.25, 0.3) is 0 Å². The van der Waals surface area contributed by atoms with Gasteiger partial charge >= 0.3 is 0 Å². The second kappa shape index (κ2) is 3.97. The predicted octanol–water partition coefficient (Wildman–Crippen LogP) is 2.59. The van der Waals surface area contributed by atoms with Crippen LogP contribution in [0.2, 0.25) is 0 Å². The number of rotatable bonds is 0. The molecule has 0 atom stereocenters. The lowest BCUT2D eigenvalue weighted by Gasteiger charge is -1.76. The topological polar surface area (TPSA) is 0 Å². The first kappa shape index (κ1) is 6.16. The summed E-state index contributed by atoms with van der Waals surface area (Å²) in [7, 11) is 0. The third-order valence-corrected chi connectivity index (χ3v) is 1.16. The third-order valence-electron chi connectivity index (χ3n) is 1.16. The van der Waals surface area contributed by atoms with E-state index in [2.05, 4.69) is 23.6 Å². The standard InChI is InChI=1S/C9H10/c1-2-4-6-8-9-7-5-3-1/h1,4-5,8H,2,7,9H2. The maximum atomic E-state index is 3.09. The summed E-state index contributed by atoms with van der Waals surface area (Å²) >= 11 is 0. The fourth-order valence-corrected chi connectivity index (χ4v) is 0.695. The predicted molar refractivity (Wildman–Crippen MR) is 39.2 cm³/mol. The molecule has 1 aliphatic rings. The molecule has 0 bridgehead atoms. The van der Waals surface area contributed by atoms with Gasteiger partial charge in [-0.1, -0.05) is 0 Å². The van der Waals surface area contributed by atoms with Gasteiger partial charge in [0.15, 0.2) is 0 Å². The SMILES string of the molecule is C1=CCC=C=CCCC=1. The highest BCUT2D eigenvalue weighted by molar-refractivity contribution is 4.97. The first-order valence-corrected chi connectivity index (χ1v) is 3.29. The van der Waals surface area contributed by atoms with Gasteiger partial charge in [0, 0.05) is 0 Å². The molecule has 0 saturated carbocycles. The highest BCUT2D eigenvalue weighted by Gasteiger charge is 1.74. The molecule has 1 rings (SSSR count). The quantitative estimate of drug-likeness (QED) is 0.429. The Morgan fingerprint density at radius 3 is 1.89 bits per heavy atom. The molecule has 0 heteroatoms. The van der Waals surface area contributed by atoms with Crippen molar-refractivity contribution in [2.45, 2.75) is 19.3 Å². The summed E-state index contributed by atoms with van der Waals surface area (Å²) in [6, 6.07) is 0. The van der Waals surface area contributed by atoms with E-state index in [4.69, 9.17) is 0 Å². The summed E-state index contributed by atoms with van der Waals surface area (Å²) < 4.78 is 0. The van der Waals surface area contributed by atoms with E-state index < -0.39 is 0 Å². The second-order valence-corrected chi connectivity index (χ2v) is 1.96. The normalized spacial score (nSPS) is 16.9. The van der Waals surface area contributed by atoms with Crippen molar-refractivity contribution in [2.75, 3.05) is 0 Å². The Kier molecular flexibility index (Phi) is 2.72. The molecule has 0 N–H and O–H groups in total. The highest BCUT2D eigenvalue weighted by atomic mass is 13.8. The van der Waals surface area contributed by atoms with Crippen LogP contribution in [0.25, 0.3) is 0 Å². The highest BCUT2D eigenvalue weighted by Crippen LogP contribution is 1.93. The van der Waals surface area contributed by atoms with Gasteiger partial charge in [0.1, 0.15) is 0 Å². The zero-order chi connectivity index (χ0) is 6.36. The average molecular weight is 118 g/mol. The van der Waals surface area contributed by atoms with E-state index in [1.54, 1.807) is 0 Å². The van der Waals surface area contributed by atoms with Gasteiger partial charge in [-0.05, 0) is 43.6 Å². The molecule has 0 radical (unpaired) electrons. The largest absolute Gasteiger partial charge is 0.129 e. The van der Waals surface area contributed by atoms with Crippen molar-refractivity contribution in [3.8, 4) is 0 Å². The molecular formula is C9H10. The lowest BCUT2D eigenvalue weighted by atomic mass is 10.3. The Morgan fingerprint density at radius 2 is 1.33 bits per heavy atom. The molecule has 1 aliphatic carbocycles. The molecule has 46 valence electrons. The minimum absolute atomic E-state index is 0.965. The molecule has 0 aliphatic heterocycles. The first-order chi connectivity index (χ1) is 4.50. The summed E-state index contributed by atoms with van der Waals surface area (Å²) in [5.74, 6) is 0. The molecule has 0 aromatic rings. The van der Waals surface area contributed by atoms with Crippen LogP contribution in [0.1, 0.15) is 19.3 Å². The molecule has 0 aromatic heterocycles. The van der Waals surface area contributed by atoms with Gasteiger partial charge in [-0.3, -0.25) is 0 Å². The van der Waals surface area contributed by atoms with E-state index in [1.807, 2.05) is 12.2 Å². The maximum Gasteiger partial charge on any atom is -0.00170 e. The van der Waals surface area contributed by atoms with E-state index in [0.717, 1.165) is 19.3 Å². The average Bonchev–Trinajstić information content (AvgIpc) is 2.00. The number of hydrogen-bond donors (Lipinski definition) is 0. The van der Waals surface area contributed by atoms with Gasteiger partial charge in [-0.2, -0.15) is 0 Å². The van der Waals surface area contributed by atoms with E-state index in [0.29, 0.717) is 0 Å². The smallest absolute Gasteiger partial charge is 0.00170 e. The Labute approximate surface area is 55.9 Å². The van der Waals surface area contributed by atoms with Crippen molar-refractivity contribution in [1.29, 1.82) is 0 Å². The zero-order valence-electron chi connectivity index (χ0n) is 5.43. The monoisotopic (exact) mass is 118 g/mol. The van der Waals surface area contributed by atoms with Crippen LogP contribution in [0.5, 0.6) is 0 Å². The molecule has 0 unspecified atom stereocenters. The van der Waals surface area contributed by atoms with Crippen molar-refractivity contribution in [3.05, 3.63) is 35.8 Å². The van der Waals surface area contributed by atoms with E-state index in [9.17, 15) is 0 Å². The van der Waals surface area contributed by atoms with Crippen LogP contribution < -0.4 is 0 Å². The Balaban J connectivity index is 2.61. The van der Waals surface area contributed by atoms with Gasteiger partial charge in [0.2, 0.25) is 0 Å². The van der Waals surface area contributed by atoms with Crippen molar-refractivity contribution in [2.24, 2.45) is 0 Å². The summed E-state index contributed by atoms with van der Waals surface area (Å²) in [5, 5.41) is 0. The Bertz CT molecular complexity index is 162. The fourth-order valence-electron chi connectivity index (χ4n) is 0.695. The van der Waals surface area contributed by atoms with Crippen molar-refractivity contribution in [1.82, 2.24) is 0 Å². The van der Waals surface area contributed by atoms with Crippen LogP contribution in [0.4, 0.5) is 0 Å². The zero-order valence-corrected chi connectivity index (χ0v) is 5.43. The van der Waals surface area contributed by atoms with Crippen molar-refractivity contribution in [3.63, 3.8) is 0 Å². The summed E-state index contributed by atoms with van der Waals surface area (Å²) in [4.78, 5) is 0. The fraction of sp³-hybridized carbons (Fsp3) is 0.333. The molecule has 0 nitrogen and oxygen atoms in total. The minimum Gasteiger partial charge on any atom is -0.129 e. The molecule has 0 aromatic carbocycles. The van der Waals surface area contributed by atoms with Gasteiger partial charge in [0.05, 0.1) is 0 Å². The molecule has 9 heavy (non-hydrogen) atoms. The first-order valence-electron chi connectivity index (χ1n) is 3.29. The summed E-state index contributed by atoms with van der Waals surface area (Å²) in [6.45, 7) is 0. The van der Waals surface area contributed by atoms with E-state index >= 15 is 0 Å². The molecule has 0 saturated heterocycles. The Morgan fingerprint density at radius 1 is 0.778 bits per heavy atom. The van der Waals surface area contributed by atoms with Crippen LogP contribution >= 0.6 is 0 Å². The Hall–Kier alpha value is -0.960. The maximum absolute atomic E-state index is 3.09. The van der Waals surface area contributed by atoms with Crippen LogP contribution in [-0.2, 0) is 0 Å². The second-order valence-electron chi connectivity index (χ2n) is 1.96. The lowest BCUT2D eigenvalue weighted by Crippen LogP contribution is -1.58. The number of allylic oxidation sites excluding steroid dienone is 2. The van der Waals surface area contributed by atoms with Crippen LogP contribution in [-0.4, -0.2) is 0 Å². The van der Waals surface area contributed by atoms with Crippen LogP contribution in [0.15, 0.2) is 35.8 Å². The molecule has 0 heterocycles. The minimum atomic E-state index is 0.965. The van der Waals surface area contributed by atoms with Crippen LogP contribution in [0.3, 0.4) is 0 Å². The number of hydrogen-bond acceptors (Lipinski definition) is 0. The molecule has 0 fully saturated rings. The van der Waals surface area contributed by atoms with Gasteiger partial charge in [-0.25, -0.2) is 0 Å². The molecular weight excluding hydrogens is 108 g/mol. The molecule has 0 amide bonds. The van der Waals surface area contributed by atoms with Crippen molar-refractivity contribution >= 4 is 0 Å². The van der Waals surface area contributed by atoms with Crippen LogP contribution in [0, 0.1) is 0 Å². The summed E-state index contributed by atoms with van der Waals surface area (Å²) in [5.41, 5.74) is 6.17. The van der Waals surface area contributed by atoms with Crippen molar-refractivity contribution < 1.29 is 0 Å². The van der Waals surface area contributed by atoms with E-state index in [-0.39, 0.29) is 0 Å².